The van der Waals surface area contributed by atoms with Gasteiger partial charge in [-0.25, -0.2) is 0 Å². The molecule has 1 atom stereocenters. The van der Waals surface area contributed by atoms with Gasteiger partial charge in [0.1, 0.15) is 0 Å². The lowest BCUT2D eigenvalue weighted by atomic mass is 10.1. The molecule has 6 heteroatoms. The number of nitrogens with zero attached hydrogens (tertiary/aromatic N) is 1. The number of halogens is 1. The summed E-state index contributed by atoms with van der Waals surface area (Å²) in [5.74, 6) is -0.326. The minimum absolute atomic E-state index is 0.0763. The lowest BCUT2D eigenvalue weighted by molar-refractivity contribution is 0.0937. The average molecular weight is 411 g/mol. The molecule has 28 heavy (non-hydrogen) atoms. The monoisotopic (exact) mass is 410 g/mol. The van der Waals surface area contributed by atoms with E-state index in [1.807, 2.05) is 35.7 Å². The summed E-state index contributed by atoms with van der Waals surface area (Å²) in [5.41, 5.74) is 3.24. The van der Waals surface area contributed by atoms with Crippen molar-refractivity contribution in [3.8, 4) is 0 Å². The van der Waals surface area contributed by atoms with Gasteiger partial charge in [0.25, 0.3) is 11.8 Å². The maximum Gasteiger partial charge on any atom is 0.268 e. The molecular weight excluding hydrogens is 392 g/mol. The van der Waals surface area contributed by atoms with E-state index in [9.17, 15) is 9.59 Å². The SMILES string of the molecule is CN(C(=O)c1cccs1)c1ccccc1C(=O)NC1CCc2c(Cl)cccc21. The van der Waals surface area contributed by atoms with Crippen LogP contribution in [0.1, 0.15) is 43.6 Å². The molecule has 0 saturated carbocycles. The van der Waals surface area contributed by atoms with Crippen LogP contribution in [0.15, 0.2) is 60.0 Å². The summed E-state index contributed by atoms with van der Waals surface area (Å²) < 4.78 is 0. The van der Waals surface area contributed by atoms with Crippen LogP contribution in [-0.2, 0) is 6.42 Å². The third kappa shape index (κ3) is 3.43. The molecule has 0 aliphatic heterocycles. The van der Waals surface area contributed by atoms with Crippen molar-refractivity contribution in [2.24, 2.45) is 0 Å². The van der Waals surface area contributed by atoms with Gasteiger partial charge in [-0.3, -0.25) is 9.59 Å². The first-order chi connectivity index (χ1) is 13.6. The first kappa shape index (κ1) is 18.7. The highest BCUT2D eigenvalue weighted by atomic mass is 35.5. The summed E-state index contributed by atoms with van der Waals surface area (Å²) >= 11 is 7.67. The lowest BCUT2D eigenvalue weighted by Gasteiger charge is -2.21. The van der Waals surface area contributed by atoms with E-state index in [2.05, 4.69) is 5.32 Å². The van der Waals surface area contributed by atoms with E-state index in [4.69, 9.17) is 11.6 Å². The second kappa shape index (κ2) is 7.78. The molecule has 0 saturated heterocycles. The molecule has 0 bridgehead atoms. The van der Waals surface area contributed by atoms with Crippen LogP contribution in [-0.4, -0.2) is 18.9 Å². The topological polar surface area (TPSA) is 49.4 Å². The van der Waals surface area contributed by atoms with Gasteiger partial charge in [0.15, 0.2) is 0 Å². The Morgan fingerprint density at radius 3 is 2.71 bits per heavy atom. The first-order valence-electron chi connectivity index (χ1n) is 9.05. The number of anilines is 1. The molecule has 0 spiro atoms. The van der Waals surface area contributed by atoms with Crippen molar-refractivity contribution in [3.05, 3.63) is 86.6 Å². The number of fused-ring (bicyclic) bond motifs is 1. The molecule has 2 aromatic carbocycles. The number of nitrogens with one attached hydrogen (secondary N) is 1. The summed E-state index contributed by atoms with van der Waals surface area (Å²) in [5, 5.41) is 5.72. The van der Waals surface area contributed by atoms with Crippen LogP contribution in [0, 0.1) is 0 Å². The number of hydrogen-bond donors (Lipinski definition) is 1. The van der Waals surface area contributed by atoms with Crippen molar-refractivity contribution in [2.75, 3.05) is 11.9 Å². The van der Waals surface area contributed by atoms with Gasteiger partial charge in [-0.1, -0.05) is 41.9 Å². The molecule has 4 rings (SSSR count). The Balaban J connectivity index is 1.58. The van der Waals surface area contributed by atoms with Crippen LogP contribution in [0.5, 0.6) is 0 Å². The summed E-state index contributed by atoms with van der Waals surface area (Å²) in [6.45, 7) is 0. The molecule has 1 aliphatic carbocycles. The fourth-order valence-electron chi connectivity index (χ4n) is 3.63. The molecule has 1 aliphatic rings. The molecule has 4 nitrogen and oxygen atoms in total. The van der Waals surface area contributed by atoms with Crippen molar-refractivity contribution in [2.45, 2.75) is 18.9 Å². The van der Waals surface area contributed by atoms with E-state index in [1.165, 1.54) is 16.2 Å². The Morgan fingerprint density at radius 2 is 1.93 bits per heavy atom. The number of hydrogen-bond acceptors (Lipinski definition) is 3. The fourth-order valence-corrected chi connectivity index (χ4v) is 4.60. The zero-order valence-corrected chi connectivity index (χ0v) is 16.9. The Bertz CT molecular complexity index is 1030. The predicted octanol–water partition coefficient (Wildman–Crippen LogP) is 5.10. The van der Waals surface area contributed by atoms with Gasteiger partial charge in [0, 0.05) is 12.1 Å². The molecule has 1 heterocycles. The van der Waals surface area contributed by atoms with Crippen LogP contribution in [0.4, 0.5) is 5.69 Å². The highest BCUT2D eigenvalue weighted by Gasteiger charge is 2.27. The maximum absolute atomic E-state index is 13.1. The number of rotatable bonds is 4. The van der Waals surface area contributed by atoms with Crippen LogP contribution >= 0.6 is 22.9 Å². The van der Waals surface area contributed by atoms with E-state index in [1.54, 1.807) is 31.3 Å². The molecule has 1 aromatic heterocycles. The van der Waals surface area contributed by atoms with Crippen LogP contribution in [0.2, 0.25) is 5.02 Å². The third-order valence-electron chi connectivity index (χ3n) is 5.07. The molecule has 2 amide bonds. The molecular formula is C22H19ClN2O2S. The second-order valence-electron chi connectivity index (χ2n) is 6.73. The van der Waals surface area contributed by atoms with E-state index in [-0.39, 0.29) is 17.9 Å². The van der Waals surface area contributed by atoms with Crippen LogP contribution in [0.25, 0.3) is 0 Å². The summed E-state index contributed by atoms with van der Waals surface area (Å²) in [6, 6.07) is 16.5. The largest absolute Gasteiger partial charge is 0.345 e. The molecule has 0 radical (unpaired) electrons. The Labute approximate surface area is 172 Å². The summed E-state index contributed by atoms with van der Waals surface area (Å²) in [4.78, 5) is 27.9. The van der Waals surface area contributed by atoms with Gasteiger partial charge in [0.2, 0.25) is 0 Å². The Hall–Kier alpha value is -2.63. The number of thiophene rings is 1. The van der Waals surface area contributed by atoms with Crippen molar-refractivity contribution in [1.29, 1.82) is 0 Å². The Morgan fingerprint density at radius 1 is 1.11 bits per heavy atom. The van der Waals surface area contributed by atoms with Crippen molar-refractivity contribution >= 4 is 40.4 Å². The number of carbonyl (C=O) groups excluding carboxylic acids is 2. The summed E-state index contributed by atoms with van der Waals surface area (Å²) in [7, 11) is 1.69. The second-order valence-corrected chi connectivity index (χ2v) is 8.09. The fraction of sp³-hybridized carbons (Fsp3) is 0.182. The Kier molecular flexibility index (Phi) is 5.20. The highest BCUT2D eigenvalue weighted by molar-refractivity contribution is 7.12. The van der Waals surface area contributed by atoms with E-state index < -0.39 is 0 Å². The zero-order chi connectivity index (χ0) is 19.7. The third-order valence-corrected chi connectivity index (χ3v) is 6.28. The maximum atomic E-state index is 13.1. The lowest BCUT2D eigenvalue weighted by Crippen LogP contribution is -2.31. The molecule has 1 N–H and O–H groups in total. The minimum atomic E-state index is -0.195. The van der Waals surface area contributed by atoms with Crippen molar-refractivity contribution < 1.29 is 9.59 Å². The van der Waals surface area contributed by atoms with Crippen molar-refractivity contribution in [1.82, 2.24) is 5.32 Å². The number of benzene rings is 2. The normalized spacial score (nSPS) is 15.1. The van der Waals surface area contributed by atoms with Gasteiger partial charge >= 0.3 is 0 Å². The van der Waals surface area contributed by atoms with Crippen molar-refractivity contribution in [3.63, 3.8) is 0 Å². The van der Waals surface area contributed by atoms with Gasteiger partial charge in [-0.2, -0.15) is 0 Å². The number of amides is 2. The van der Waals surface area contributed by atoms with Crippen LogP contribution in [0.3, 0.4) is 0 Å². The number of carbonyl (C=O) groups is 2. The number of para-hydroxylation sites is 1. The first-order valence-corrected chi connectivity index (χ1v) is 10.3. The van der Waals surface area contributed by atoms with Gasteiger partial charge < -0.3 is 10.2 Å². The molecule has 0 fully saturated rings. The van der Waals surface area contributed by atoms with E-state index in [0.29, 0.717) is 16.1 Å². The quantitative estimate of drug-likeness (QED) is 0.650. The van der Waals surface area contributed by atoms with E-state index >= 15 is 0 Å². The van der Waals surface area contributed by atoms with Crippen LogP contribution < -0.4 is 10.2 Å². The smallest absolute Gasteiger partial charge is 0.268 e. The molecule has 1 unspecified atom stereocenters. The van der Waals surface area contributed by atoms with Gasteiger partial charge in [0.05, 0.1) is 22.2 Å². The summed E-state index contributed by atoms with van der Waals surface area (Å²) in [6.07, 6.45) is 1.66. The van der Waals surface area contributed by atoms with Gasteiger partial charge in [-0.15, -0.1) is 11.3 Å². The highest BCUT2D eigenvalue weighted by Crippen LogP contribution is 2.36. The average Bonchev–Trinajstić information content (AvgIpc) is 3.38. The van der Waals surface area contributed by atoms with E-state index in [0.717, 1.165) is 29.0 Å². The zero-order valence-electron chi connectivity index (χ0n) is 15.3. The minimum Gasteiger partial charge on any atom is -0.345 e. The molecule has 142 valence electrons. The van der Waals surface area contributed by atoms with Gasteiger partial charge in [-0.05, 0) is 53.6 Å². The standard InChI is InChI=1S/C22H19ClN2O2S/c1-25(22(27)20-10-5-13-28-20)19-9-3-2-6-16(19)21(26)24-18-12-11-14-15(18)7-4-8-17(14)23/h2-10,13,18H,11-12H2,1H3,(H,24,26). The predicted molar refractivity (Wildman–Crippen MR) is 113 cm³/mol. The molecule has 3 aromatic rings.